The van der Waals surface area contributed by atoms with Gasteiger partial charge in [-0.2, -0.15) is 4.39 Å². The van der Waals surface area contributed by atoms with Crippen LogP contribution >= 0.6 is 15.9 Å². The lowest BCUT2D eigenvalue weighted by atomic mass is 10.2. The van der Waals surface area contributed by atoms with Gasteiger partial charge in [-0.3, -0.25) is 4.79 Å². The van der Waals surface area contributed by atoms with Crippen LogP contribution in [0.3, 0.4) is 0 Å². The first kappa shape index (κ1) is 8.33. The van der Waals surface area contributed by atoms with Gasteiger partial charge in [0.05, 0.1) is 5.69 Å². The molecule has 0 saturated heterocycles. The largest absolute Gasteiger partial charge is 0.298 e. The maximum atomic E-state index is 12.4. The molecule has 4 heteroatoms. The van der Waals surface area contributed by atoms with Crippen molar-refractivity contribution in [3.8, 4) is 0 Å². The van der Waals surface area contributed by atoms with E-state index in [9.17, 15) is 9.18 Å². The van der Waals surface area contributed by atoms with E-state index in [-0.39, 0.29) is 0 Å². The zero-order valence-electron chi connectivity index (χ0n) is 5.55. The summed E-state index contributed by atoms with van der Waals surface area (Å²) in [6.45, 7) is 0. The summed E-state index contributed by atoms with van der Waals surface area (Å²) in [6, 6.07) is 2.57. The molecular formula is C7H5BrFNO. The molecule has 0 aliphatic rings. The zero-order valence-corrected chi connectivity index (χ0v) is 7.14. The third kappa shape index (κ3) is 1.83. The molecule has 0 saturated carbocycles. The van der Waals surface area contributed by atoms with E-state index in [1.54, 1.807) is 0 Å². The number of nitrogens with zero attached hydrogens (tertiary/aromatic N) is 1. The summed E-state index contributed by atoms with van der Waals surface area (Å²) >= 11 is 3.10. The smallest absolute Gasteiger partial charge is 0.213 e. The van der Waals surface area contributed by atoms with Gasteiger partial charge >= 0.3 is 0 Å². The molecule has 0 unspecified atom stereocenters. The topological polar surface area (TPSA) is 30.0 Å². The van der Waals surface area contributed by atoms with Gasteiger partial charge in [-0.25, -0.2) is 4.98 Å². The molecule has 0 bridgehead atoms. The normalized spacial score (nSPS) is 9.64. The molecule has 1 rings (SSSR count). The van der Waals surface area contributed by atoms with Crippen molar-refractivity contribution in [3.05, 3.63) is 29.3 Å². The fourth-order valence-electron chi connectivity index (χ4n) is 0.700. The average molecular weight is 218 g/mol. The SMILES string of the molecule is O=Cc1ccc(F)nc1CBr. The number of pyridine rings is 1. The summed E-state index contributed by atoms with van der Waals surface area (Å²) in [5, 5.41) is 0.388. The number of hydrogen-bond donors (Lipinski definition) is 0. The first-order valence-electron chi connectivity index (χ1n) is 2.94. The van der Waals surface area contributed by atoms with Gasteiger partial charge in [0.2, 0.25) is 5.95 Å². The molecule has 11 heavy (non-hydrogen) atoms. The highest BCUT2D eigenvalue weighted by Crippen LogP contribution is 2.08. The van der Waals surface area contributed by atoms with Crippen molar-refractivity contribution < 1.29 is 9.18 Å². The average Bonchev–Trinajstić information content (AvgIpc) is 2.04. The maximum Gasteiger partial charge on any atom is 0.213 e. The summed E-state index contributed by atoms with van der Waals surface area (Å²) in [7, 11) is 0. The highest BCUT2D eigenvalue weighted by Gasteiger charge is 2.02. The standard InChI is InChI=1S/C7H5BrFNO/c8-3-6-5(4-11)1-2-7(9)10-6/h1-2,4H,3H2. The number of alkyl halides is 1. The molecule has 0 fully saturated rings. The first-order valence-corrected chi connectivity index (χ1v) is 4.06. The van der Waals surface area contributed by atoms with Gasteiger partial charge in [0, 0.05) is 10.9 Å². The van der Waals surface area contributed by atoms with E-state index in [0.717, 1.165) is 6.07 Å². The number of aldehydes is 1. The lowest BCUT2D eigenvalue weighted by molar-refractivity contribution is 0.112. The maximum absolute atomic E-state index is 12.4. The van der Waals surface area contributed by atoms with Gasteiger partial charge < -0.3 is 0 Å². The highest BCUT2D eigenvalue weighted by atomic mass is 79.9. The minimum atomic E-state index is -0.565. The Kier molecular flexibility index (Phi) is 2.70. The van der Waals surface area contributed by atoms with E-state index in [2.05, 4.69) is 20.9 Å². The van der Waals surface area contributed by atoms with Crippen molar-refractivity contribution in [1.82, 2.24) is 4.98 Å². The second kappa shape index (κ2) is 3.57. The van der Waals surface area contributed by atoms with Crippen LogP contribution < -0.4 is 0 Å². The molecule has 0 aromatic carbocycles. The zero-order chi connectivity index (χ0) is 8.27. The van der Waals surface area contributed by atoms with E-state index in [4.69, 9.17) is 0 Å². The Morgan fingerprint density at radius 1 is 1.64 bits per heavy atom. The second-order valence-corrected chi connectivity index (χ2v) is 2.48. The number of carbonyl (C=O) groups is 1. The van der Waals surface area contributed by atoms with Gasteiger partial charge in [-0.1, -0.05) is 15.9 Å². The van der Waals surface area contributed by atoms with Gasteiger partial charge in [0.1, 0.15) is 0 Å². The fraction of sp³-hybridized carbons (Fsp3) is 0.143. The van der Waals surface area contributed by atoms with Gasteiger partial charge in [-0.05, 0) is 12.1 Å². The third-order valence-electron chi connectivity index (χ3n) is 1.23. The van der Waals surface area contributed by atoms with E-state index < -0.39 is 5.95 Å². The molecule has 1 heterocycles. The minimum absolute atomic E-state index is 0.388. The number of carbonyl (C=O) groups excluding carboxylic acids is 1. The molecule has 0 aliphatic carbocycles. The van der Waals surface area contributed by atoms with Crippen molar-refractivity contribution >= 4 is 22.2 Å². The summed E-state index contributed by atoms with van der Waals surface area (Å²) < 4.78 is 12.4. The van der Waals surface area contributed by atoms with Crippen LogP contribution in [0.25, 0.3) is 0 Å². The van der Waals surface area contributed by atoms with Crippen molar-refractivity contribution in [2.24, 2.45) is 0 Å². The molecule has 2 nitrogen and oxygen atoms in total. The molecule has 0 spiro atoms. The van der Waals surface area contributed by atoms with Crippen LogP contribution in [0.2, 0.25) is 0 Å². The van der Waals surface area contributed by atoms with Crippen LogP contribution in [-0.4, -0.2) is 11.3 Å². The minimum Gasteiger partial charge on any atom is -0.298 e. The summed E-state index contributed by atoms with van der Waals surface area (Å²) in [6.07, 6.45) is 0.656. The van der Waals surface area contributed by atoms with Crippen LogP contribution in [0.5, 0.6) is 0 Å². The van der Waals surface area contributed by atoms with Crippen LogP contribution in [0.4, 0.5) is 4.39 Å². The number of rotatable bonds is 2. The molecule has 0 amide bonds. The number of hydrogen-bond acceptors (Lipinski definition) is 2. The van der Waals surface area contributed by atoms with Crippen LogP contribution in [0, 0.1) is 5.95 Å². The Labute approximate surface area is 71.6 Å². The Hall–Kier alpha value is -0.770. The number of aromatic nitrogens is 1. The molecule has 0 aliphatic heterocycles. The lowest BCUT2D eigenvalue weighted by Gasteiger charge is -1.97. The van der Waals surface area contributed by atoms with Crippen molar-refractivity contribution in [2.45, 2.75) is 5.33 Å². The van der Waals surface area contributed by atoms with Crippen molar-refractivity contribution in [3.63, 3.8) is 0 Å². The molecule has 0 N–H and O–H groups in total. The van der Waals surface area contributed by atoms with E-state index >= 15 is 0 Å². The van der Waals surface area contributed by atoms with E-state index in [1.165, 1.54) is 6.07 Å². The molecule has 0 radical (unpaired) electrons. The predicted octanol–water partition coefficient (Wildman–Crippen LogP) is 1.93. The second-order valence-electron chi connectivity index (χ2n) is 1.92. The summed E-state index contributed by atoms with van der Waals surface area (Å²) in [5.74, 6) is -0.565. The first-order chi connectivity index (χ1) is 5.27. The Bertz CT molecular complexity index is 277. The lowest BCUT2D eigenvalue weighted by Crippen LogP contribution is -1.95. The van der Waals surface area contributed by atoms with Crippen LogP contribution in [0.1, 0.15) is 16.1 Å². The molecule has 1 aromatic heterocycles. The van der Waals surface area contributed by atoms with Gasteiger partial charge in [-0.15, -0.1) is 0 Å². The number of halogens is 2. The molecule has 58 valence electrons. The van der Waals surface area contributed by atoms with Gasteiger partial charge in [0.15, 0.2) is 6.29 Å². The Morgan fingerprint density at radius 3 is 2.91 bits per heavy atom. The predicted molar refractivity (Wildman–Crippen MR) is 42.2 cm³/mol. The van der Waals surface area contributed by atoms with Gasteiger partial charge in [0.25, 0.3) is 0 Å². The van der Waals surface area contributed by atoms with E-state index in [1.807, 2.05) is 0 Å². The van der Waals surface area contributed by atoms with Crippen LogP contribution in [-0.2, 0) is 5.33 Å². The molecule has 0 atom stereocenters. The monoisotopic (exact) mass is 217 g/mol. The third-order valence-corrected chi connectivity index (χ3v) is 1.76. The Balaban J connectivity index is 3.16. The van der Waals surface area contributed by atoms with Crippen LogP contribution in [0.15, 0.2) is 12.1 Å². The Morgan fingerprint density at radius 2 is 2.36 bits per heavy atom. The molecule has 1 aromatic rings. The van der Waals surface area contributed by atoms with E-state index in [0.29, 0.717) is 22.9 Å². The summed E-state index contributed by atoms with van der Waals surface area (Å²) in [5.41, 5.74) is 0.850. The fourth-order valence-corrected chi connectivity index (χ4v) is 1.15. The molecular weight excluding hydrogens is 213 g/mol. The van der Waals surface area contributed by atoms with Crippen molar-refractivity contribution in [1.29, 1.82) is 0 Å². The highest BCUT2D eigenvalue weighted by molar-refractivity contribution is 9.08. The van der Waals surface area contributed by atoms with Crippen molar-refractivity contribution in [2.75, 3.05) is 0 Å². The summed E-state index contributed by atoms with van der Waals surface area (Å²) in [4.78, 5) is 13.8. The quantitative estimate of drug-likeness (QED) is 0.431.